The summed E-state index contributed by atoms with van der Waals surface area (Å²) in [5, 5.41) is 0. The van der Waals surface area contributed by atoms with Crippen LogP contribution in [0, 0.1) is 0 Å². The molecule has 0 saturated carbocycles. The minimum atomic E-state index is 0.837. The number of methoxy groups -OCH3 is 2. The average molecular weight is 366 g/mol. The Balaban J connectivity index is 2.48. The van der Waals surface area contributed by atoms with Gasteiger partial charge >= 0.3 is 0 Å². The van der Waals surface area contributed by atoms with Gasteiger partial charge in [-0.05, 0) is 73.4 Å². The summed E-state index contributed by atoms with van der Waals surface area (Å²) in [6.07, 6.45) is 6.76. The number of aliphatic imine (C=N–C) groups is 1. The van der Waals surface area contributed by atoms with E-state index < -0.39 is 0 Å². The fraction of sp³-hybridized carbons (Fsp3) is 0.375. The highest BCUT2D eigenvalue weighted by Gasteiger charge is 2.12. The molecule has 0 spiro atoms. The molecule has 27 heavy (non-hydrogen) atoms. The van der Waals surface area contributed by atoms with Crippen molar-refractivity contribution >= 4 is 17.0 Å². The molecule has 0 heterocycles. The Morgan fingerprint density at radius 3 is 2.15 bits per heavy atom. The first-order valence-corrected chi connectivity index (χ1v) is 9.70. The van der Waals surface area contributed by atoms with E-state index in [1.54, 1.807) is 14.2 Å². The van der Waals surface area contributed by atoms with Crippen LogP contribution in [-0.4, -0.2) is 19.9 Å². The van der Waals surface area contributed by atoms with E-state index >= 15 is 0 Å². The molecular formula is C24H31NO2. The Kier molecular flexibility index (Phi) is 8.12. The van der Waals surface area contributed by atoms with Crippen LogP contribution in [0.4, 0.5) is 5.69 Å². The lowest BCUT2D eigenvalue weighted by molar-refractivity contribution is 0.414. The first-order chi connectivity index (χ1) is 13.1. The third-order valence-electron chi connectivity index (χ3n) is 4.53. The summed E-state index contributed by atoms with van der Waals surface area (Å²) in [7, 11) is 3.39. The molecule has 0 bridgehead atoms. The van der Waals surface area contributed by atoms with Crippen LogP contribution < -0.4 is 9.47 Å². The van der Waals surface area contributed by atoms with E-state index in [1.807, 2.05) is 30.3 Å². The van der Waals surface area contributed by atoms with Gasteiger partial charge in [0.05, 0.1) is 19.9 Å². The number of allylic oxidation sites excluding steroid dienone is 2. The quantitative estimate of drug-likeness (QED) is 0.456. The number of ether oxygens (including phenoxy) is 2. The highest BCUT2D eigenvalue weighted by molar-refractivity contribution is 6.04. The van der Waals surface area contributed by atoms with Gasteiger partial charge in [0, 0.05) is 11.3 Å². The van der Waals surface area contributed by atoms with Gasteiger partial charge in [0.25, 0.3) is 0 Å². The topological polar surface area (TPSA) is 30.8 Å². The molecule has 0 saturated heterocycles. The third kappa shape index (κ3) is 5.72. The lowest BCUT2D eigenvalue weighted by Crippen LogP contribution is -2.02. The molecule has 0 aliphatic heterocycles. The molecule has 3 heteroatoms. The highest BCUT2D eigenvalue weighted by atomic mass is 16.5. The van der Waals surface area contributed by atoms with Gasteiger partial charge in [-0.15, -0.1) is 0 Å². The number of hydrogen-bond donors (Lipinski definition) is 0. The maximum atomic E-state index is 5.49. The van der Waals surface area contributed by atoms with Crippen molar-refractivity contribution in [1.29, 1.82) is 0 Å². The number of rotatable bonds is 9. The first kappa shape index (κ1) is 20.8. The molecule has 0 aliphatic rings. The summed E-state index contributed by atoms with van der Waals surface area (Å²) in [5.74, 6) is 1.72. The average Bonchev–Trinajstić information content (AvgIpc) is 2.71. The van der Waals surface area contributed by atoms with Crippen molar-refractivity contribution in [2.24, 2.45) is 4.99 Å². The van der Waals surface area contributed by atoms with E-state index in [4.69, 9.17) is 14.5 Å². The molecule has 0 N–H and O–H groups in total. The molecule has 144 valence electrons. The van der Waals surface area contributed by atoms with Gasteiger partial charge in [0.15, 0.2) is 0 Å². The van der Waals surface area contributed by atoms with E-state index in [9.17, 15) is 0 Å². The number of nitrogens with zero attached hydrogens (tertiary/aromatic N) is 1. The van der Waals surface area contributed by atoms with E-state index in [2.05, 4.69) is 39.0 Å². The Hall–Kier alpha value is -2.55. The molecular weight excluding hydrogens is 334 g/mol. The molecule has 3 nitrogen and oxygen atoms in total. The van der Waals surface area contributed by atoms with Crippen LogP contribution in [0.1, 0.15) is 57.6 Å². The zero-order valence-corrected chi connectivity index (χ0v) is 17.2. The van der Waals surface area contributed by atoms with E-state index in [-0.39, 0.29) is 0 Å². The van der Waals surface area contributed by atoms with Gasteiger partial charge in [-0.2, -0.15) is 0 Å². The van der Waals surface area contributed by atoms with Crippen molar-refractivity contribution in [1.82, 2.24) is 0 Å². The van der Waals surface area contributed by atoms with Gasteiger partial charge in [-0.1, -0.05) is 32.8 Å². The first-order valence-electron chi connectivity index (χ1n) is 9.70. The molecule has 2 aromatic carbocycles. The maximum absolute atomic E-state index is 5.49. The fourth-order valence-electron chi connectivity index (χ4n) is 3.08. The van der Waals surface area contributed by atoms with Crippen LogP contribution in [0.15, 0.2) is 53.5 Å². The fourth-order valence-corrected chi connectivity index (χ4v) is 3.08. The number of benzene rings is 2. The summed E-state index contributed by atoms with van der Waals surface area (Å²) < 4.78 is 10.7. The number of hydrogen-bond acceptors (Lipinski definition) is 3. The minimum Gasteiger partial charge on any atom is -0.497 e. The third-order valence-corrected chi connectivity index (χ3v) is 4.53. The zero-order chi connectivity index (χ0) is 19.6. The van der Waals surface area contributed by atoms with Gasteiger partial charge in [0.2, 0.25) is 0 Å². The molecule has 0 radical (unpaired) electrons. The Bertz CT molecular complexity index is 789. The lowest BCUT2D eigenvalue weighted by atomic mass is 9.93. The van der Waals surface area contributed by atoms with Crippen LogP contribution in [0.2, 0.25) is 0 Å². The molecule has 0 aromatic heterocycles. The van der Waals surface area contributed by atoms with Crippen molar-refractivity contribution < 1.29 is 9.47 Å². The molecule has 2 rings (SSSR count). The number of unbranched alkanes of at least 4 members (excludes halogenated alkanes) is 1. The standard InChI is InChI=1S/C24H31NO2/c1-6-8-10-19(9-7-2)24-17-22(27-5)15-16-23(24)18(3)25-20-11-13-21(26-4)14-12-20/h10-17H,6-9H2,1-5H3/b19-10+,25-18?. The second-order valence-corrected chi connectivity index (χ2v) is 6.57. The van der Waals surface area contributed by atoms with Crippen molar-refractivity contribution in [2.45, 2.75) is 46.5 Å². The van der Waals surface area contributed by atoms with Crippen LogP contribution in [0.3, 0.4) is 0 Å². The van der Waals surface area contributed by atoms with Crippen molar-refractivity contribution in [3.8, 4) is 11.5 Å². The van der Waals surface area contributed by atoms with Crippen LogP contribution >= 0.6 is 0 Å². The van der Waals surface area contributed by atoms with Crippen molar-refractivity contribution in [2.75, 3.05) is 14.2 Å². The van der Waals surface area contributed by atoms with Crippen LogP contribution in [0.5, 0.6) is 11.5 Å². The Morgan fingerprint density at radius 2 is 1.56 bits per heavy atom. The van der Waals surface area contributed by atoms with E-state index in [0.717, 1.165) is 54.1 Å². The molecule has 2 aromatic rings. The predicted octanol–water partition coefficient (Wildman–Crippen LogP) is 6.83. The molecule has 0 fully saturated rings. The summed E-state index contributed by atoms with van der Waals surface area (Å²) in [6.45, 7) is 6.50. The SMILES string of the molecule is CCC/C=C(\CCC)c1cc(OC)ccc1C(C)=Nc1ccc(OC)cc1. The smallest absolute Gasteiger partial charge is 0.119 e. The molecule has 0 aliphatic carbocycles. The van der Waals surface area contributed by atoms with Crippen LogP contribution in [-0.2, 0) is 0 Å². The maximum Gasteiger partial charge on any atom is 0.119 e. The Morgan fingerprint density at radius 1 is 0.889 bits per heavy atom. The summed E-state index contributed by atoms with van der Waals surface area (Å²) in [6, 6.07) is 14.1. The summed E-state index contributed by atoms with van der Waals surface area (Å²) in [4.78, 5) is 4.84. The van der Waals surface area contributed by atoms with Gasteiger partial charge < -0.3 is 9.47 Å². The zero-order valence-electron chi connectivity index (χ0n) is 17.2. The van der Waals surface area contributed by atoms with Crippen molar-refractivity contribution in [3.05, 3.63) is 59.7 Å². The molecule has 0 atom stereocenters. The summed E-state index contributed by atoms with van der Waals surface area (Å²) >= 11 is 0. The van der Waals surface area contributed by atoms with Gasteiger partial charge in [-0.3, -0.25) is 4.99 Å². The Labute approximate surface area is 163 Å². The van der Waals surface area contributed by atoms with E-state index in [1.165, 1.54) is 11.1 Å². The normalized spacial score (nSPS) is 12.2. The van der Waals surface area contributed by atoms with Crippen LogP contribution in [0.25, 0.3) is 5.57 Å². The monoisotopic (exact) mass is 365 g/mol. The summed E-state index contributed by atoms with van der Waals surface area (Å²) in [5.41, 5.74) is 5.67. The predicted molar refractivity (Wildman–Crippen MR) is 116 cm³/mol. The van der Waals surface area contributed by atoms with Gasteiger partial charge in [-0.25, -0.2) is 0 Å². The lowest BCUT2D eigenvalue weighted by Gasteiger charge is -2.15. The highest BCUT2D eigenvalue weighted by Crippen LogP contribution is 2.30. The molecule has 0 unspecified atom stereocenters. The van der Waals surface area contributed by atoms with E-state index in [0.29, 0.717) is 0 Å². The minimum absolute atomic E-state index is 0.837. The second-order valence-electron chi connectivity index (χ2n) is 6.57. The largest absolute Gasteiger partial charge is 0.497 e. The molecule has 0 amide bonds. The van der Waals surface area contributed by atoms with Gasteiger partial charge in [0.1, 0.15) is 11.5 Å². The van der Waals surface area contributed by atoms with Crippen molar-refractivity contribution in [3.63, 3.8) is 0 Å². The second kappa shape index (κ2) is 10.6.